The summed E-state index contributed by atoms with van der Waals surface area (Å²) in [6.45, 7) is 8.46. The Morgan fingerprint density at radius 2 is 2.12 bits per heavy atom. The third kappa shape index (κ3) is 4.73. The van der Waals surface area contributed by atoms with Gasteiger partial charge in [-0.05, 0) is 38.9 Å². The summed E-state index contributed by atoms with van der Waals surface area (Å²) in [6, 6.07) is 4.11. The van der Waals surface area contributed by atoms with Crippen LogP contribution in [0, 0.1) is 0 Å². The van der Waals surface area contributed by atoms with E-state index in [1.165, 1.54) is 19.3 Å². The van der Waals surface area contributed by atoms with Crippen molar-refractivity contribution >= 4 is 6.29 Å². The molecule has 0 unspecified atom stereocenters. The second-order valence-corrected chi connectivity index (χ2v) is 4.69. The maximum absolute atomic E-state index is 10.5. The lowest BCUT2D eigenvalue weighted by Crippen LogP contribution is -2.31. The lowest BCUT2D eigenvalue weighted by atomic mass is 10.2. The number of hydrogen-bond acceptors (Lipinski definition) is 3. The van der Waals surface area contributed by atoms with Gasteiger partial charge in [0.25, 0.3) is 0 Å². The second kappa shape index (κ2) is 7.28. The van der Waals surface area contributed by atoms with Crippen molar-refractivity contribution in [2.24, 2.45) is 0 Å². The Morgan fingerprint density at radius 1 is 1.35 bits per heavy atom. The van der Waals surface area contributed by atoms with Crippen molar-refractivity contribution in [1.82, 2.24) is 4.90 Å². The van der Waals surface area contributed by atoms with Gasteiger partial charge in [-0.3, -0.25) is 9.69 Å². The Bertz CT molecular complexity index is 331. The predicted molar refractivity (Wildman–Crippen MR) is 69.2 cm³/mol. The molecule has 1 heterocycles. The summed E-state index contributed by atoms with van der Waals surface area (Å²) < 4.78 is 5.41. The molecule has 0 radical (unpaired) electrons. The van der Waals surface area contributed by atoms with Gasteiger partial charge in [0.15, 0.2) is 12.0 Å². The summed E-state index contributed by atoms with van der Waals surface area (Å²) in [4.78, 5) is 12.9. The molecule has 0 aromatic carbocycles. The summed E-state index contributed by atoms with van der Waals surface area (Å²) in [5, 5.41) is 0. The van der Waals surface area contributed by atoms with Crippen molar-refractivity contribution in [3.8, 4) is 0 Å². The summed E-state index contributed by atoms with van der Waals surface area (Å²) in [5.74, 6) is 1.29. The van der Waals surface area contributed by atoms with Gasteiger partial charge in [-0.25, -0.2) is 0 Å². The fraction of sp³-hybridized carbons (Fsp3) is 0.643. The van der Waals surface area contributed by atoms with E-state index in [-0.39, 0.29) is 0 Å². The van der Waals surface area contributed by atoms with Crippen molar-refractivity contribution in [3.05, 3.63) is 23.7 Å². The Morgan fingerprint density at radius 3 is 2.65 bits per heavy atom. The minimum atomic E-state index is 0.414. The fourth-order valence-corrected chi connectivity index (χ4v) is 1.83. The largest absolute Gasteiger partial charge is 0.457 e. The van der Waals surface area contributed by atoms with Crippen molar-refractivity contribution in [1.29, 1.82) is 0 Å². The van der Waals surface area contributed by atoms with E-state index in [4.69, 9.17) is 4.42 Å². The van der Waals surface area contributed by atoms with Crippen molar-refractivity contribution < 1.29 is 9.21 Å². The third-order valence-electron chi connectivity index (χ3n) is 2.94. The third-order valence-corrected chi connectivity index (χ3v) is 2.94. The van der Waals surface area contributed by atoms with Gasteiger partial charge in [0.1, 0.15) is 5.76 Å². The Labute approximate surface area is 104 Å². The molecule has 0 fully saturated rings. The smallest absolute Gasteiger partial charge is 0.185 e. The molecule has 0 saturated heterocycles. The van der Waals surface area contributed by atoms with Crippen LogP contribution in [0.15, 0.2) is 16.5 Å². The molecule has 1 aromatic heterocycles. The molecule has 0 saturated carbocycles. The fourth-order valence-electron chi connectivity index (χ4n) is 1.83. The quantitative estimate of drug-likeness (QED) is 0.512. The molecule has 96 valence electrons. The molecule has 1 rings (SSSR count). The predicted octanol–water partition coefficient (Wildman–Crippen LogP) is 3.49. The second-order valence-electron chi connectivity index (χ2n) is 4.69. The molecule has 0 atom stereocenters. The van der Waals surface area contributed by atoms with Gasteiger partial charge in [0.05, 0.1) is 6.54 Å². The first-order valence-corrected chi connectivity index (χ1v) is 6.45. The molecule has 1 aromatic rings. The van der Waals surface area contributed by atoms with Gasteiger partial charge < -0.3 is 4.42 Å². The molecule has 0 aliphatic heterocycles. The van der Waals surface area contributed by atoms with Crippen LogP contribution in [-0.4, -0.2) is 23.8 Å². The van der Waals surface area contributed by atoms with Crippen LogP contribution in [0.2, 0.25) is 0 Å². The highest BCUT2D eigenvalue weighted by molar-refractivity contribution is 5.70. The summed E-state index contributed by atoms with van der Waals surface area (Å²) in [6.07, 6.45) is 4.47. The zero-order valence-electron chi connectivity index (χ0n) is 11.1. The number of nitrogens with zero attached hydrogens (tertiary/aromatic N) is 1. The first kappa shape index (κ1) is 14.0. The van der Waals surface area contributed by atoms with Crippen LogP contribution in [0.5, 0.6) is 0 Å². The molecule has 0 spiro atoms. The van der Waals surface area contributed by atoms with E-state index in [0.717, 1.165) is 25.1 Å². The van der Waals surface area contributed by atoms with Crippen LogP contribution in [0.4, 0.5) is 0 Å². The zero-order chi connectivity index (χ0) is 12.7. The molecule has 3 nitrogen and oxygen atoms in total. The van der Waals surface area contributed by atoms with Crippen molar-refractivity contribution in [3.63, 3.8) is 0 Å². The number of carbonyl (C=O) groups is 1. The van der Waals surface area contributed by atoms with Crippen LogP contribution in [-0.2, 0) is 6.54 Å². The molecule has 0 bridgehead atoms. The van der Waals surface area contributed by atoms with Crippen LogP contribution in [0.25, 0.3) is 0 Å². The SMILES string of the molecule is CCCCCN(Cc1ccc(C=O)o1)C(C)C. The van der Waals surface area contributed by atoms with Gasteiger partial charge in [-0.1, -0.05) is 19.8 Å². The van der Waals surface area contributed by atoms with E-state index in [2.05, 4.69) is 25.7 Å². The maximum atomic E-state index is 10.5. The number of furan rings is 1. The topological polar surface area (TPSA) is 33.5 Å². The monoisotopic (exact) mass is 237 g/mol. The first-order valence-electron chi connectivity index (χ1n) is 6.45. The molecule has 17 heavy (non-hydrogen) atoms. The lowest BCUT2D eigenvalue weighted by molar-refractivity contribution is 0.109. The highest BCUT2D eigenvalue weighted by Gasteiger charge is 2.12. The minimum absolute atomic E-state index is 0.414. The molecule has 0 aliphatic rings. The van der Waals surface area contributed by atoms with Crippen LogP contribution >= 0.6 is 0 Å². The summed E-state index contributed by atoms with van der Waals surface area (Å²) >= 11 is 0. The first-order chi connectivity index (χ1) is 8.17. The molecule has 0 aliphatic carbocycles. The van der Waals surface area contributed by atoms with Gasteiger partial charge in [0, 0.05) is 6.04 Å². The van der Waals surface area contributed by atoms with Crippen LogP contribution in [0.1, 0.15) is 56.3 Å². The number of hydrogen-bond donors (Lipinski definition) is 0. The molecule has 0 N–H and O–H groups in total. The highest BCUT2D eigenvalue weighted by Crippen LogP contribution is 2.12. The van der Waals surface area contributed by atoms with E-state index in [1.54, 1.807) is 6.07 Å². The van der Waals surface area contributed by atoms with Gasteiger partial charge in [-0.2, -0.15) is 0 Å². The summed E-state index contributed by atoms with van der Waals surface area (Å²) in [7, 11) is 0. The van der Waals surface area contributed by atoms with E-state index in [1.807, 2.05) is 6.07 Å². The average Bonchev–Trinajstić information content (AvgIpc) is 2.75. The highest BCUT2D eigenvalue weighted by atomic mass is 16.3. The molecule has 3 heteroatoms. The van der Waals surface area contributed by atoms with E-state index < -0.39 is 0 Å². The van der Waals surface area contributed by atoms with Crippen molar-refractivity contribution in [2.45, 2.75) is 52.6 Å². The normalized spacial score (nSPS) is 11.4. The van der Waals surface area contributed by atoms with Crippen LogP contribution < -0.4 is 0 Å². The Hall–Kier alpha value is -1.09. The van der Waals surface area contributed by atoms with E-state index >= 15 is 0 Å². The average molecular weight is 237 g/mol. The van der Waals surface area contributed by atoms with E-state index in [0.29, 0.717) is 11.8 Å². The van der Waals surface area contributed by atoms with Gasteiger partial charge in [-0.15, -0.1) is 0 Å². The standard InChI is InChI=1S/C14H23NO2/c1-4-5-6-9-15(12(2)3)10-13-7-8-14(11-16)17-13/h7-8,11-12H,4-6,9-10H2,1-3H3. The summed E-state index contributed by atoms with van der Waals surface area (Å²) in [5.41, 5.74) is 0. The van der Waals surface area contributed by atoms with E-state index in [9.17, 15) is 4.79 Å². The maximum Gasteiger partial charge on any atom is 0.185 e. The minimum Gasteiger partial charge on any atom is -0.457 e. The number of carbonyl (C=O) groups excluding carboxylic acids is 1. The molecule has 0 amide bonds. The van der Waals surface area contributed by atoms with Crippen molar-refractivity contribution in [2.75, 3.05) is 6.54 Å². The lowest BCUT2D eigenvalue weighted by Gasteiger charge is -2.25. The number of rotatable bonds is 8. The Kier molecular flexibility index (Phi) is 5.98. The van der Waals surface area contributed by atoms with Gasteiger partial charge >= 0.3 is 0 Å². The molecular weight excluding hydrogens is 214 g/mol. The Balaban J connectivity index is 2.50. The zero-order valence-corrected chi connectivity index (χ0v) is 11.1. The number of aldehydes is 1. The van der Waals surface area contributed by atoms with Crippen LogP contribution in [0.3, 0.4) is 0 Å². The molecular formula is C14H23NO2. The number of unbranched alkanes of at least 4 members (excludes halogenated alkanes) is 2. The van der Waals surface area contributed by atoms with Gasteiger partial charge in [0.2, 0.25) is 0 Å².